The van der Waals surface area contributed by atoms with Gasteiger partial charge in [0.15, 0.2) is 0 Å². The molecule has 2 amide bonds. The normalized spacial score (nSPS) is 23.8. The molecule has 1 saturated heterocycles. The highest BCUT2D eigenvalue weighted by molar-refractivity contribution is 5.90. The Labute approximate surface area is 111 Å². The molecule has 1 rings (SSSR count). The van der Waals surface area contributed by atoms with Crippen molar-refractivity contribution in [3.05, 3.63) is 0 Å². The second-order valence-corrected chi connectivity index (χ2v) is 4.84. The Morgan fingerprint density at radius 2 is 2.16 bits per heavy atom. The molecule has 0 aromatic heterocycles. The first-order chi connectivity index (χ1) is 8.91. The number of hydrogen-bond acceptors (Lipinski definition) is 4. The van der Waals surface area contributed by atoms with Gasteiger partial charge in [0.05, 0.1) is 5.54 Å². The third-order valence-electron chi connectivity index (χ3n) is 3.56. The molecule has 1 fully saturated rings. The number of nitrogens with one attached hydrogen (secondary N) is 2. The highest BCUT2D eigenvalue weighted by atomic mass is 16.4. The third-order valence-corrected chi connectivity index (χ3v) is 3.56. The quantitative estimate of drug-likeness (QED) is 0.490. The van der Waals surface area contributed by atoms with Crippen molar-refractivity contribution < 1.29 is 19.5 Å². The number of primary amides is 1. The van der Waals surface area contributed by atoms with Gasteiger partial charge in [0.1, 0.15) is 6.04 Å². The van der Waals surface area contributed by atoms with Crippen LogP contribution in [0, 0.1) is 0 Å². The molecule has 19 heavy (non-hydrogen) atoms. The summed E-state index contributed by atoms with van der Waals surface area (Å²) < 4.78 is 0. The summed E-state index contributed by atoms with van der Waals surface area (Å²) in [6.45, 7) is 2.64. The van der Waals surface area contributed by atoms with Crippen molar-refractivity contribution in [3.63, 3.8) is 0 Å². The largest absolute Gasteiger partial charge is 0.480 e. The first kappa shape index (κ1) is 15.4. The van der Waals surface area contributed by atoms with E-state index in [1.165, 1.54) is 0 Å². The van der Waals surface area contributed by atoms with E-state index in [1.54, 1.807) is 0 Å². The van der Waals surface area contributed by atoms with Crippen molar-refractivity contribution >= 4 is 17.8 Å². The molecule has 0 bridgehead atoms. The fourth-order valence-electron chi connectivity index (χ4n) is 2.30. The van der Waals surface area contributed by atoms with Gasteiger partial charge in [-0.3, -0.25) is 9.59 Å². The average Bonchev–Trinajstić information content (AvgIpc) is 2.83. The SMILES string of the molecule is CCC1(C(=O)NC(CCC(N)=O)C(=O)O)CCCN1. The van der Waals surface area contributed by atoms with Crippen LogP contribution >= 0.6 is 0 Å². The monoisotopic (exact) mass is 271 g/mol. The minimum absolute atomic E-state index is 0.0101. The number of aliphatic carboxylic acids is 1. The van der Waals surface area contributed by atoms with E-state index in [4.69, 9.17) is 10.8 Å². The second kappa shape index (κ2) is 6.51. The van der Waals surface area contributed by atoms with Crippen LogP contribution in [0.3, 0.4) is 0 Å². The molecule has 0 saturated carbocycles. The maximum atomic E-state index is 12.2. The van der Waals surface area contributed by atoms with Gasteiger partial charge in [-0.1, -0.05) is 6.92 Å². The number of hydrogen-bond donors (Lipinski definition) is 4. The summed E-state index contributed by atoms with van der Waals surface area (Å²) in [5.41, 5.74) is 4.31. The summed E-state index contributed by atoms with van der Waals surface area (Å²) in [6, 6.07) is -1.08. The topological polar surface area (TPSA) is 122 Å². The van der Waals surface area contributed by atoms with Crippen LogP contribution in [-0.2, 0) is 14.4 Å². The van der Waals surface area contributed by atoms with Gasteiger partial charge in [-0.15, -0.1) is 0 Å². The Bertz CT molecular complexity index is 364. The van der Waals surface area contributed by atoms with Crippen molar-refractivity contribution in [1.29, 1.82) is 0 Å². The molecule has 0 aromatic carbocycles. The molecule has 2 atom stereocenters. The van der Waals surface area contributed by atoms with E-state index >= 15 is 0 Å². The van der Waals surface area contributed by atoms with Crippen molar-refractivity contribution in [2.45, 2.75) is 50.6 Å². The van der Waals surface area contributed by atoms with Gasteiger partial charge in [0.2, 0.25) is 11.8 Å². The first-order valence-electron chi connectivity index (χ1n) is 6.48. The molecule has 1 heterocycles. The van der Waals surface area contributed by atoms with Gasteiger partial charge in [0.25, 0.3) is 0 Å². The number of rotatable bonds is 7. The molecule has 0 radical (unpaired) electrons. The third kappa shape index (κ3) is 3.92. The van der Waals surface area contributed by atoms with Crippen LogP contribution < -0.4 is 16.4 Å². The lowest BCUT2D eigenvalue weighted by Crippen LogP contribution is -2.56. The van der Waals surface area contributed by atoms with E-state index in [-0.39, 0.29) is 18.7 Å². The minimum atomic E-state index is -1.15. The molecule has 0 aliphatic carbocycles. The van der Waals surface area contributed by atoms with Crippen molar-refractivity contribution in [1.82, 2.24) is 10.6 Å². The smallest absolute Gasteiger partial charge is 0.326 e. The fourth-order valence-corrected chi connectivity index (χ4v) is 2.30. The lowest BCUT2D eigenvalue weighted by molar-refractivity contribution is -0.143. The molecule has 108 valence electrons. The van der Waals surface area contributed by atoms with Gasteiger partial charge < -0.3 is 21.5 Å². The fraction of sp³-hybridized carbons (Fsp3) is 0.750. The first-order valence-corrected chi connectivity index (χ1v) is 6.48. The van der Waals surface area contributed by atoms with Crippen LogP contribution in [0.4, 0.5) is 0 Å². The number of amides is 2. The second-order valence-electron chi connectivity index (χ2n) is 4.84. The average molecular weight is 271 g/mol. The lowest BCUT2D eigenvalue weighted by atomic mass is 9.92. The zero-order chi connectivity index (χ0) is 14.5. The number of carboxylic acids is 1. The summed E-state index contributed by atoms with van der Waals surface area (Å²) in [5.74, 6) is -2.05. The van der Waals surface area contributed by atoms with Crippen molar-refractivity contribution in [2.75, 3.05) is 6.54 Å². The van der Waals surface area contributed by atoms with Gasteiger partial charge in [-0.05, 0) is 32.2 Å². The van der Waals surface area contributed by atoms with E-state index in [9.17, 15) is 14.4 Å². The van der Waals surface area contributed by atoms with Crippen molar-refractivity contribution in [2.24, 2.45) is 5.73 Å². The number of carboxylic acid groups (broad SMARTS) is 1. The van der Waals surface area contributed by atoms with Crippen LogP contribution in [0.25, 0.3) is 0 Å². The van der Waals surface area contributed by atoms with Crippen LogP contribution in [0.2, 0.25) is 0 Å². The zero-order valence-corrected chi connectivity index (χ0v) is 11.1. The standard InChI is InChI=1S/C12H21N3O4/c1-2-12(6-3-7-14-12)11(19)15-8(10(17)18)4-5-9(13)16/h8,14H,2-7H2,1H3,(H2,13,16)(H,15,19)(H,17,18). The van der Waals surface area contributed by atoms with Gasteiger partial charge >= 0.3 is 5.97 Å². The predicted octanol–water partition coefficient (Wildman–Crippen LogP) is -0.646. The van der Waals surface area contributed by atoms with E-state index in [1.807, 2.05) is 6.92 Å². The minimum Gasteiger partial charge on any atom is -0.480 e. The van der Waals surface area contributed by atoms with Crippen LogP contribution in [-0.4, -0.2) is 41.0 Å². The van der Waals surface area contributed by atoms with Gasteiger partial charge in [-0.25, -0.2) is 4.79 Å². The molecule has 0 spiro atoms. The Hall–Kier alpha value is -1.63. The zero-order valence-electron chi connectivity index (χ0n) is 11.1. The van der Waals surface area contributed by atoms with E-state index < -0.39 is 23.5 Å². The Morgan fingerprint density at radius 1 is 1.47 bits per heavy atom. The molecule has 1 aliphatic heterocycles. The van der Waals surface area contributed by atoms with E-state index in [2.05, 4.69) is 10.6 Å². The van der Waals surface area contributed by atoms with Gasteiger partial charge in [0, 0.05) is 6.42 Å². The van der Waals surface area contributed by atoms with Crippen LogP contribution in [0.15, 0.2) is 0 Å². The lowest BCUT2D eigenvalue weighted by Gasteiger charge is -2.28. The Morgan fingerprint density at radius 3 is 2.58 bits per heavy atom. The highest BCUT2D eigenvalue weighted by Gasteiger charge is 2.40. The Balaban J connectivity index is 2.65. The Kier molecular flexibility index (Phi) is 5.29. The molecule has 0 aromatic rings. The summed E-state index contributed by atoms with van der Waals surface area (Å²) in [5, 5.41) is 14.7. The molecule has 2 unspecified atom stereocenters. The molecule has 7 nitrogen and oxygen atoms in total. The number of nitrogens with two attached hydrogens (primary N) is 1. The molecular formula is C12H21N3O4. The predicted molar refractivity (Wildman–Crippen MR) is 68.3 cm³/mol. The van der Waals surface area contributed by atoms with E-state index in [0.29, 0.717) is 12.8 Å². The van der Waals surface area contributed by atoms with Gasteiger partial charge in [-0.2, -0.15) is 0 Å². The maximum Gasteiger partial charge on any atom is 0.326 e. The number of carbonyl (C=O) groups excluding carboxylic acids is 2. The molecule has 5 N–H and O–H groups in total. The summed E-state index contributed by atoms with van der Waals surface area (Å²) >= 11 is 0. The molecule has 1 aliphatic rings. The highest BCUT2D eigenvalue weighted by Crippen LogP contribution is 2.23. The van der Waals surface area contributed by atoms with E-state index in [0.717, 1.165) is 13.0 Å². The van der Waals surface area contributed by atoms with Crippen LogP contribution in [0.5, 0.6) is 0 Å². The summed E-state index contributed by atoms with van der Waals surface area (Å²) in [7, 11) is 0. The molecular weight excluding hydrogens is 250 g/mol. The summed E-state index contributed by atoms with van der Waals surface area (Å²) in [6.07, 6.45) is 2.12. The maximum absolute atomic E-state index is 12.2. The van der Waals surface area contributed by atoms with Crippen LogP contribution in [0.1, 0.15) is 39.0 Å². The molecule has 7 heteroatoms. The summed E-state index contributed by atoms with van der Waals surface area (Å²) in [4.78, 5) is 34.0. The number of carbonyl (C=O) groups is 3. The van der Waals surface area contributed by atoms with Crippen molar-refractivity contribution in [3.8, 4) is 0 Å².